The monoisotopic (exact) mass is 582 g/mol. The Labute approximate surface area is 236 Å². The molecule has 1 N–H and O–H groups in total. The Kier molecular flexibility index (Phi) is 7.47. The highest BCUT2D eigenvalue weighted by atomic mass is 32.2. The van der Waals surface area contributed by atoms with Crippen LogP contribution in [0.2, 0.25) is 0 Å². The Balaban J connectivity index is 1.34. The quantitative estimate of drug-likeness (QED) is 0.356. The molecule has 0 spiro atoms. The summed E-state index contributed by atoms with van der Waals surface area (Å²) in [6.07, 6.45) is 3.99. The first kappa shape index (κ1) is 28.1. The van der Waals surface area contributed by atoms with Crippen LogP contribution in [0.1, 0.15) is 20.8 Å². The molecule has 13 heteroatoms. The van der Waals surface area contributed by atoms with Crippen LogP contribution in [0.15, 0.2) is 66.1 Å². The average molecular weight is 583 g/mol. The molecule has 2 aromatic carbocycles. The molecular weight excluding hydrogens is 554 g/mol. The number of pyridine rings is 1. The van der Waals surface area contributed by atoms with Crippen LogP contribution in [0.5, 0.6) is 0 Å². The minimum atomic E-state index is -4.32. The maximum atomic E-state index is 14.1. The van der Waals surface area contributed by atoms with Crippen LogP contribution in [-0.2, 0) is 14.8 Å². The Hall–Kier alpha value is -4.39. The van der Waals surface area contributed by atoms with Crippen molar-refractivity contribution < 1.29 is 26.7 Å². The van der Waals surface area contributed by atoms with Gasteiger partial charge in [-0.2, -0.15) is 0 Å². The van der Waals surface area contributed by atoms with Crippen LogP contribution in [-0.4, -0.2) is 66.1 Å². The molecule has 5 rings (SSSR count). The van der Waals surface area contributed by atoms with Crippen molar-refractivity contribution in [2.45, 2.75) is 31.3 Å². The third-order valence-electron chi connectivity index (χ3n) is 6.35. The van der Waals surface area contributed by atoms with Gasteiger partial charge in [0.1, 0.15) is 34.3 Å². The number of anilines is 2. The number of ether oxygens (including phenoxy) is 1. The van der Waals surface area contributed by atoms with Crippen molar-refractivity contribution in [3.8, 4) is 11.1 Å². The topological polar surface area (TPSA) is 118 Å². The first-order chi connectivity index (χ1) is 19.4. The molecule has 0 bridgehead atoms. The van der Waals surface area contributed by atoms with Gasteiger partial charge in [0.2, 0.25) is 0 Å². The number of benzene rings is 2. The molecule has 0 unspecified atom stereocenters. The predicted octanol–water partition coefficient (Wildman–Crippen LogP) is 4.83. The molecule has 4 aromatic rings. The first-order valence-corrected chi connectivity index (χ1v) is 14.3. The number of fused-ring (bicyclic) bond motifs is 1. The van der Waals surface area contributed by atoms with Gasteiger partial charge in [-0.25, -0.2) is 32.0 Å². The minimum Gasteiger partial charge on any atom is -0.444 e. The van der Waals surface area contributed by atoms with Gasteiger partial charge >= 0.3 is 6.09 Å². The number of carbonyl (C=O) groups excluding carboxylic acids is 1. The highest BCUT2D eigenvalue weighted by Gasteiger charge is 2.27. The number of piperazine rings is 1. The molecule has 214 valence electrons. The highest BCUT2D eigenvalue weighted by molar-refractivity contribution is 7.92. The smallest absolute Gasteiger partial charge is 0.410 e. The number of sulfonamides is 1. The number of nitrogens with zero attached hydrogens (tertiary/aromatic N) is 5. The second-order valence-electron chi connectivity index (χ2n) is 10.5. The summed E-state index contributed by atoms with van der Waals surface area (Å²) >= 11 is 0. The maximum Gasteiger partial charge on any atom is 0.410 e. The molecule has 1 saturated heterocycles. The van der Waals surface area contributed by atoms with E-state index in [9.17, 15) is 22.0 Å². The number of nitrogens with one attached hydrogen (secondary N) is 1. The number of amides is 1. The summed E-state index contributed by atoms with van der Waals surface area (Å²) in [5, 5.41) is 0.818. The molecule has 2 aromatic heterocycles. The van der Waals surface area contributed by atoms with Gasteiger partial charge in [-0.3, -0.25) is 9.71 Å². The van der Waals surface area contributed by atoms with Crippen LogP contribution in [0, 0.1) is 11.6 Å². The van der Waals surface area contributed by atoms with Gasteiger partial charge in [-0.1, -0.05) is 6.07 Å². The molecule has 0 atom stereocenters. The zero-order valence-corrected chi connectivity index (χ0v) is 23.5. The van der Waals surface area contributed by atoms with E-state index in [0.717, 1.165) is 28.9 Å². The van der Waals surface area contributed by atoms with Gasteiger partial charge < -0.3 is 14.5 Å². The van der Waals surface area contributed by atoms with Crippen molar-refractivity contribution in [2.24, 2.45) is 0 Å². The van der Waals surface area contributed by atoms with E-state index >= 15 is 0 Å². The molecule has 1 aliphatic heterocycles. The zero-order chi connectivity index (χ0) is 29.4. The molecule has 1 aliphatic rings. The lowest BCUT2D eigenvalue weighted by Gasteiger charge is -2.36. The van der Waals surface area contributed by atoms with Crippen LogP contribution in [0.3, 0.4) is 0 Å². The van der Waals surface area contributed by atoms with Crippen molar-refractivity contribution in [3.63, 3.8) is 0 Å². The number of carbonyl (C=O) groups is 1. The van der Waals surface area contributed by atoms with Crippen molar-refractivity contribution in [3.05, 3.63) is 72.8 Å². The minimum absolute atomic E-state index is 0.109. The molecular formula is C28H28F2N6O4S. The lowest BCUT2D eigenvalue weighted by atomic mass is 10.0. The van der Waals surface area contributed by atoms with E-state index < -0.39 is 32.2 Å². The normalized spacial score (nSPS) is 14.3. The van der Waals surface area contributed by atoms with Gasteiger partial charge in [0.25, 0.3) is 10.0 Å². The fourth-order valence-corrected chi connectivity index (χ4v) is 5.55. The standard InChI is InChI=1S/C28H28F2N6O4S/c1-28(2,3)40-27(37)36-10-8-35(9-11-36)26-22-6-4-18(13-24(22)32-17-33-26)19-12-21(16-31-15-19)34-41(38,39)25-7-5-20(29)14-23(25)30/h4-7,12-17,34H,8-11H2,1-3H3. The highest BCUT2D eigenvalue weighted by Crippen LogP contribution is 2.30. The number of rotatable bonds is 5. The van der Waals surface area contributed by atoms with Crippen molar-refractivity contribution >= 4 is 38.5 Å². The average Bonchev–Trinajstić information content (AvgIpc) is 2.91. The summed E-state index contributed by atoms with van der Waals surface area (Å²) in [4.78, 5) is 28.6. The fraction of sp³-hybridized carbons (Fsp3) is 0.286. The molecule has 10 nitrogen and oxygen atoms in total. The van der Waals surface area contributed by atoms with Gasteiger partial charge in [0.05, 0.1) is 17.4 Å². The SMILES string of the molecule is CC(C)(C)OC(=O)N1CCN(c2ncnc3cc(-c4cncc(NS(=O)(=O)c5ccc(F)cc5F)c4)ccc23)CC1. The van der Waals surface area contributed by atoms with Crippen molar-refractivity contribution in [2.75, 3.05) is 35.8 Å². The molecule has 3 heterocycles. The Morgan fingerprint density at radius 3 is 2.41 bits per heavy atom. The Morgan fingerprint density at radius 2 is 1.71 bits per heavy atom. The lowest BCUT2D eigenvalue weighted by molar-refractivity contribution is 0.0240. The summed E-state index contributed by atoms with van der Waals surface area (Å²) in [6.45, 7) is 7.65. The molecule has 41 heavy (non-hydrogen) atoms. The number of halogens is 2. The summed E-state index contributed by atoms with van der Waals surface area (Å²) < 4.78 is 60.6. The molecule has 1 fully saturated rings. The molecule has 1 amide bonds. The second-order valence-corrected chi connectivity index (χ2v) is 12.2. The lowest BCUT2D eigenvalue weighted by Crippen LogP contribution is -2.50. The number of hydrogen-bond acceptors (Lipinski definition) is 8. The predicted molar refractivity (Wildman–Crippen MR) is 150 cm³/mol. The first-order valence-electron chi connectivity index (χ1n) is 12.8. The van der Waals surface area contributed by atoms with Gasteiger partial charge in [-0.05, 0) is 56.7 Å². The summed E-state index contributed by atoms with van der Waals surface area (Å²) in [6, 6.07) is 9.37. The fourth-order valence-electron chi connectivity index (χ4n) is 4.46. The van der Waals surface area contributed by atoms with Crippen molar-refractivity contribution in [1.29, 1.82) is 0 Å². The van der Waals surface area contributed by atoms with E-state index in [0.29, 0.717) is 43.3 Å². The van der Waals surface area contributed by atoms with Crippen LogP contribution >= 0.6 is 0 Å². The maximum absolute atomic E-state index is 14.1. The van der Waals surface area contributed by atoms with E-state index in [1.165, 1.54) is 12.5 Å². The van der Waals surface area contributed by atoms with E-state index in [4.69, 9.17) is 4.74 Å². The summed E-state index contributed by atoms with van der Waals surface area (Å²) in [5.41, 5.74) is 1.53. The molecule has 0 saturated carbocycles. The largest absolute Gasteiger partial charge is 0.444 e. The summed E-state index contributed by atoms with van der Waals surface area (Å²) in [7, 11) is -4.32. The second kappa shape index (κ2) is 10.9. The van der Waals surface area contributed by atoms with Crippen LogP contribution in [0.4, 0.5) is 25.1 Å². The van der Waals surface area contributed by atoms with Crippen LogP contribution < -0.4 is 9.62 Å². The van der Waals surface area contributed by atoms with E-state index in [1.54, 1.807) is 17.2 Å². The Bertz CT molecular complexity index is 1720. The van der Waals surface area contributed by atoms with Gasteiger partial charge in [0.15, 0.2) is 0 Å². The summed E-state index contributed by atoms with van der Waals surface area (Å²) in [5.74, 6) is -1.33. The Morgan fingerprint density at radius 1 is 0.951 bits per heavy atom. The van der Waals surface area contributed by atoms with Crippen LogP contribution in [0.25, 0.3) is 22.0 Å². The third-order valence-corrected chi connectivity index (χ3v) is 7.77. The molecule has 0 radical (unpaired) electrons. The van der Waals surface area contributed by atoms with Crippen molar-refractivity contribution in [1.82, 2.24) is 19.9 Å². The van der Waals surface area contributed by atoms with E-state index in [1.807, 2.05) is 39.0 Å². The number of hydrogen-bond donors (Lipinski definition) is 1. The van der Waals surface area contributed by atoms with E-state index in [2.05, 4.69) is 24.6 Å². The van der Waals surface area contributed by atoms with Gasteiger partial charge in [-0.15, -0.1) is 0 Å². The van der Waals surface area contributed by atoms with Gasteiger partial charge in [0, 0.05) is 49.4 Å². The number of aromatic nitrogens is 3. The zero-order valence-electron chi connectivity index (χ0n) is 22.6. The molecule has 0 aliphatic carbocycles. The van der Waals surface area contributed by atoms with E-state index in [-0.39, 0.29) is 11.8 Å². The third kappa shape index (κ3) is 6.35.